The van der Waals surface area contributed by atoms with Crippen LogP contribution in [0.2, 0.25) is 5.02 Å². The van der Waals surface area contributed by atoms with Crippen molar-refractivity contribution in [2.24, 2.45) is 0 Å². The van der Waals surface area contributed by atoms with E-state index in [1.165, 1.54) is 17.4 Å². The van der Waals surface area contributed by atoms with Crippen molar-refractivity contribution in [2.75, 3.05) is 5.32 Å². The fraction of sp³-hybridized carbons (Fsp3) is 0.100. The maximum Gasteiger partial charge on any atom is 0.416 e. The van der Waals surface area contributed by atoms with E-state index in [2.05, 4.69) is 15.5 Å². The van der Waals surface area contributed by atoms with E-state index in [0.717, 1.165) is 12.1 Å². The number of H-pyrrole nitrogens is 1. The number of benzene rings is 2. The number of alkyl halides is 3. The predicted octanol–water partition coefficient (Wildman–Crippen LogP) is 6.27. The number of nitrogens with zero attached hydrogens (tertiary/aromatic N) is 1. The molecule has 5 nitrogen and oxygen atoms in total. The third kappa shape index (κ3) is 4.49. The molecule has 0 aliphatic heterocycles. The van der Waals surface area contributed by atoms with E-state index in [1.807, 2.05) is 0 Å². The Bertz CT molecular complexity index is 1270. The second kappa shape index (κ2) is 8.20. The topological polar surface area (TPSA) is 67.0 Å². The highest BCUT2D eigenvalue weighted by atomic mass is 35.5. The number of hydrogen-bond acceptors (Lipinski definition) is 4. The van der Waals surface area contributed by atoms with Gasteiger partial charge in [-0.2, -0.15) is 18.3 Å². The second-order valence-electron chi connectivity index (χ2n) is 6.42. The van der Waals surface area contributed by atoms with Crippen LogP contribution in [0.25, 0.3) is 10.9 Å². The van der Waals surface area contributed by atoms with Crippen molar-refractivity contribution in [3.8, 4) is 5.75 Å². The van der Waals surface area contributed by atoms with Crippen molar-refractivity contribution in [2.45, 2.75) is 12.8 Å². The molecule has 4 rings (SSSR count). The minimum absolute atomic E-state index is 0.206. The number of rotatable bonds is 5. The lowest BCUT2D eigenvalue weighted by Gasteiger charge is -2.14. The lowest BCUT2D eigenvalue weighted by Crippen LogP contribution is -2.11. The number of halogens is 5. The molecule has 0 unspecified atom stereocenters. The Labute approximate surface area is 181 Å². The fourth-order valence-electron chi connectivity index (χ4n) is 2.90. The summed E-state index contributed by atoms with van der Waals surface area (Å²) in [4.78, 5) is 12.7. The molecule has 0 atom stereocenters. The van der Waals surface area contributed by atoms with Gasteiger partial charge in [0.05, 0.1) is 16.1 Å². The number of hydrogen-bond donors (Lipinski definition) is 2. The Morgan fingerprint density at radius 3 is 2.71 bits per heavy atom. The average Bonchev–Trinajstić information content (AvgIpc) is 3.32. The molecule has 0 aliphatic rings. The molecule has 2 heterocycles. The largest absolute Gasteiger partial charge is 0.489 e. The molecule has 11 heteroatoms. The summed E-state index contributed by atoms with van der Waals surface area (Å²) in [6.45, 7) is -0.426. The number of carbonyl (C=O) groups excluding carboxylic acids is 1. The van der Waals surface area contributed by atoms with Crippen LogP contribution >= 0.6 is 22.9 Å². The van der Waals surface area contributed by atoms with Gasteiger partial charge in [0.15, 0.2) is 5.82 Å². The zero-order valence-corrected chi connectivity index (χ0v) is 17.0. The highest BCUT2D eigenvalue weighted by Gasteiger charge is 2.33. The number of thiophene rings is 1. The van der Waals surface area contributed by atoms with Crippen LogP contribution in [0.5, 0.6) is 5.75 Å². The molecule has 0 aliphatic carbocycles. The van der Waals surface area contributed by atoms with Gasteiger partial charge in [-0.3, -0.25) is 9.89 Å². The molecule has 2 aromatic heterocycles. The number of carbonyl (C=O) groups is 1. The van der Waals surface area contributed by atoms with E-state index >= 15 is 0 Å². The van der Waals surface area contributed by atoms with Gasteiger partial charge in [-0.25, -0.2) is 4.39 Å². The van der Waals surface area contributed by atoms with Gasteiger partial charge in [-0.15, -0.1) is 11.3 Å². The highest BCUT2D eigenvalue weighted by molar-refractivity contribution is 7.12. The lowest BCUT2D eigenvalue weighted by atomic mass is 10.1. The minimum Gasteiger partial charge on any atom is -0.489 e. The van der Waals surface area contributed by atoms with Gasteiger partial charge in [-0.1, -0.05) is 17.7 Å². The Morgan fingerprint density at radius 2 is 2.00 bits per heavy atom. The third-order valence-electron chi connectivity index (χ3n) is 4.36. The van der Waals surface area contributed by atoms with E-state index < -0.39 is 30.1 Å². The zero-order valence-electron chi connectivity index (χ0n) is 15.4. The normalized spacial score (nSPS) is 11.6. The molecule has 0 saturated heterocycles. The summed E-state index contributed by atoms with van der Waals surface area (Å²) in [6, 6.07) is 8.68. The van der Waals surface area contributed by atoms with Crippen molar-refractivity contribution in [3.05, 3.63) is 74.7 Å². The average molecular weight is 470 g/mol. The standard InChI is InChI=1S/C20H12ClF4N3O2S/c21-15-5-6-31-17(15)19(29)26-18-13-8-12(3-4-16(13)27-28-18)30-9-10-1-2-11(22)7-14(10)20(23,24)25/h1-8H,9H2,(H2,26,27,28,29). The molecular formula is C20H12ClF4N3O2S. The first kappa shape index (κ1) is 21.1. The van der Waals surface area contributed by atoms with E-state index in [4.69, 9.17) is 16.3 Å². The van der Waals surface area contributed by atoms with E-state index in [0.29, 0.717) is 26.9 Å². The smallest absolute Gasteiger partial charge is 0.416 e. The molecule has 2 aromatic carbocycles. The van der Waals surface area contributed by atoms with Crippen LogP contribution in [0.3, 0.4) is 0 Å². The van der Waals surface area contributed by atoms with Gasteiger partial charge in [0, 0.05) is 10.9 Å². The molecule has 1 amide bonds. The van der Waals surface area contributed by atoms with Gasteiger partial charge >= 0.3 is 6.18 Å². The molecule has 0 saturated carbocycles. The monoisotopic (exact) mass is 469 g/mol. The molecule has 0 radical (unpaired) electrons. The van der Waals surface area contributed by atoms with Gasteiger partial charge in [-0.05, 0) is 41.8 Å². The van der Waals surface area contributed by atoms with Crippen LogP contribution in [0.15, 0.2) is 47.8 Å². The van der Waals surface area contributed by atoms with Crippen LogP contribution in [0.1, 0.15) is 20.8 Å². The third-order valence-corrected chi connectivity index (χ3v) is 5.70. The maximum absolute atomic E-state index is 13.3. The number of aromatic amines is 1. The summed E-state index contributed by atoms with van der Waals surface area (Å²) < 4.78 is 58.2. The van der Waals surface area contributed by atoms with Gasteiger partial charge in [0.2, 0.25) is 0 Å². The summed E-state index contributed by atoms with van der Waals surface area (Å²) in [5.74, 6) is -0.966. The van der Waals surface area contributed by atoms with Crippen molar-refractivity contribution in [1.29, 1.82) is 0 Å². The number of amides is 1. The first-order chi connectivity index (χ1) is 14.7. The van der Waals surface area contributed by atoms with Crippen molar-refractivity contribution in [3.63, 3.8) is 0 Å². The van der Waals surface area contributed by atoms with Gasteiger partial charge in [0.25, 0.3) is 5.91 Å². The van der Waals surface area contributed by atoms with Crippen molar-refractivity contribution < 1.29 is 27.1 Å². The van der Waals surface area contributed by atoms with E-state index in [-0.39, 0.29) is 17.1 Å². The Balaban J connectivity index is 1.56. The van der Waals surface area contributed by atoms with Crippen LogP contribution in [0, 0.1) is 5.82 Å². The number of nitrogens with one attached hydrogen (secondary N) is 2. The number of aromatic nitrogens is 2. The first-order valence-corrected chi connectivity index (χ1v) is 9.99. The lowest BCUT2D eigenvalue weighted by molar-refractivity contribution is -0.138. The predicted molar refractivity (Wildman–Crippen MR) is 109 cm³/mol. The Kier molecular flexibility index (Phi) is 5.59. The SMILES string of the molecule is O=C(Nc1n[nH]c2ccc(OCc3ccc(F)cc3C(F)(F)F)cc12)c1sccc1Cl. The molecule has 2 N–H and O–H groups in total. The summed E-state index contributed by atoms with van der Waals surface area (Å²) in [7, 11) is 0. The summed E-state index contributed by atoms with van der Waals surface area (Å²) in [5.41, 5.74) is -0.725. The van der Waals surface area contributed by atoms with Crippen LogP contribution in [-0.4, -0.2) is 16.1 Å². The van der Waals surface area contributed by atoms with Gasteiger partial charge in [0.1, 0.15) is 23.1 Å². The number of fused-ring (bicyclic) bond motifs is 1. The van der Waals surface area contributed by atoms with E-state index in [1.54, 1.807) is 23.6 Å². The molecule has 0 fully saturated rings. The first-order valence-electron chi connectivity index (χ1n) is 8.73. The number of anilines is 1. The Hall–Kier alpha value is -3.11. The minimum atomic E-state index is -4.71. The summed E-state index contributed by atoms with van der Waals surface area (Å²) >= 11 is 7.14. The van der Waals surface area contributed by atoms with Crippen molar-refractivity contribution in [1.82, 2.24) is 10.2 Å². The van der Waals surface area contributed by atoms with Crippen molar-refractivity contribution >= 4 is 45.6 Å². The zero-order chi connectivity index (χ0) is 22.2. The number of ether oxygens (including phenoxy) is 1. The van der Waals surface area contributed by atoms with Crippen LogP contribution < -0.4 is 10.1 Å². The second-order valence-corrected chi connectivity index (χ2v) is 7.74. The molecule has 160 valence electrons. The highest BCUT2D eigenvalue weighted by Crippen LogP contribution is 2.34. The molecule has 31 heavy (non-hydrogen) atoms. The summed E-state index contributed by atoms with van der Waals surface area (Å²) in [6.07, 6.45) is -4.71. The quantitative estimate of drug-likeness (QED) is 0.339. The molecular weight excluding hydrogens is 458 g/mol. The maximum atomic E-state index is 13.3. The summed E-state index contributed by atoms with van der Waals surface area (Å²) in [5, 5.41) is 11.9. The van der Waals surface area contributed by atoms with Gasteiger partial charge < -0.3 is 10.1 Å². The van der Waals surface area contributed by atoms with Crippen LogP contribution in [0.4, 0.5) is 23.4 Å². The molecule has 0 spiro atoms. The van der Waals surface area contributed by atoms with E-state index in [9.17, 15) is 22.4 Å². The fourth-order valence-corrected chi connectivity index (χ4v) is 3.93. The Morgan fingerprint density at radius 1 is 1.19 bits per heavy atom. The molecule has 0 bridgehead atoms. The molecule has 4 aromatic rings. The van der Waals surface area contributed by atoms with Crippen LogP contribution in [-0.2, 0) is 12.8 Å².